The van der Waals surface area contributed by atoms with E-state index in [1.165, 1.54) is 25.7 Å². The summed E-state index contributed by atoms with van der Waals surface area (Å²) in [5.41, 5.74) is 0. The van der Waals surface area contributed by atoms with Crippen molar-refractivity contribution in [2.45, 2.75) is 51.1 Å². The van der Waals surface area contributed by atoms with Gasteiger partial charge in [0.25, 0.3) is 0 Å². The van der Waals surface area contributed by atoms with Crippen LogP contribution in [0.1, 0.15) is 39.0 Å². The predicted molar refractivity (Wildman–Crippen MR) is 48.0 cm³/mol. The number of hydrogen-bond donors (Lipinski definition) is 1. The van der Waals surface area contributed by atoms with Crippen LogP contribution in [-0.4, -0.2) is 17.9 Å². The van der Waals surface area contributed by atoms with Gasteiger partial charge in [-0.15, -0.1) is 0 Å². The Kier molecular flexibility index (Phi) is 2.18. The lowest BCUT2D eigenvalue weighted by molar-refractivity contribution is -0.118. The third kappa shape index (κ3) is 1.69. The minimum atomic E-state index is 0.362. The Morgan fingerprint density at radius 3 is 2.42 bits per heavy atom. The SMILES string of the molecule is CC(=O)CC1C[C@H]2CC[C@@H](C1)N2. The lowest BCUT2D eigenvalue weighted by atomic mass is 9.88. The third-order valence-corrected chi connectivity index (χ3v) is 3.15. The summed E-state index contributed by atoms with van der Waals surface area (Å²) in [7, 11) is 0. The van der Waals surface area contributed by atoms with Gasteiger partial charge in [0.05, 0.1) is 0 Å². The van der Waals surface area contributed by atoms with Gasteiger partial charge in [-0.2, -0.15) is 0 Å². The van der Waals surface area contributed by atoms with Crippen LogP contribution < -0.4 is 5.32 Å². The van der Waals surface area contributed by atoms with E-state index in [9.17, 15) is 4.79 Å². The molecular formula is C10H17NO. The first kappa shape index (κ1) is 8.24. The maximum Gasteiger partial charge on any atom is 0.130 e. The standard InChI is InChI=1S/C10H17NO/c1-7(12)4-8-5-9-2-3-10(6-8)11-9/h8-11H,2-6H2,1H3/t8?,9-,10+. The molecule has 12 heavy (non-hydrogen) atoms. The van der Waals surface area contributed by atoms with Crippen LogP contribution in [0.25, 0.3) is 0 Å². The zero-order valence-electron chi connectivity index (χ0n) is 7.68. The van der Waals surface area contributed by atoms with Crippen molar-refractivity contribution in [3.05, 3.63) is 0 Å². The Balaban J connectivity index is 1.89. The van der Waals surface area contributed by atoms with E-state index in [0.29, 0.717) is 11.7 Å². The molecule has 2 rings (SSSR count). The van der Waals surface area contributed by atoms with Crippen molar-refractivity contribution in [3.8, 4) is 0 Å². The van der Waals surface area contributed by atoms with Gasteiger partial charge in [-0.25, -0.2) is 0 Å². The summed E-state index contributed by atoms with van der Waals surface area (Å²) in [4.78, 5) is 10.9. The molecule has 0 aromatic heterocycles. The van der Waals surface area contributed by atoms with E-state index in [4.69, 9.17) is 0 Å². The number of carbonyl (C=O) groups is 1. The Hall–Kier alpha value is -0.370. The summed E-state index contributed by atoms with van der Waals surface area (Å²) in [6, 6.07) is 1.46. The minimum Gasteiger partial charge on any atom is -0.311 e. The Labute approximate surface area is 73.7 Å². The second-order valence-electron chi connectivity index (χ2n) is 4.38. The lowest BCUT2D eigenvalue weighted by Gasteiger charge is -2.28. The first-order valence-electron chi connectivity index (χ1n) is 4.99. The van der Waals surface area contributed by atoms with E-state index in [1.54, 1.807) is 6.92 Å². The van der Waals surface area contributed by atoms with Gasteiger partial charge < -0.3 is 10.1 Å². The van der Waals surface area contributed by atoms with Crippen molar-refractivity contribution in [2.75, 3.05) is 0 Å². The molecule has 0 aromatic rings. The number of hydrogen-bond acceptors (Lipinski definition) is 2. The molecule has 3 atom stereocenters. The van der Waals surface area contributed by atoms with Gasteiger partial charge in [-0.1, -0.05) is 0 Å². The van der Waals surface area contributed by atoms with Gasteiger partial charge in [0.15, 0.2) is 0 Å². The molecule has 2 heteroatoms. The maximum atomic E-state index is 10.9. The number of rotatable bonds is 2. The molecule has 0 spiro atoms. The summed E-state index contributed by atoms with van der Waals surface area (Å²) in [6.45, 7) is 1.71. The smallest absolute Gasteiger partial charge is 0.130 e. The van der Waals surface area contributed by atoms with Crippen LogP contribution in [0.2, 0.25) is 0 Å². The summed E-state index contributed by atoms with van der Waals surface area (Å²) in [5, 5.41) is 3.58. The van der Waals surface area contributed by atoms with E-state index in [1.807, 2.05) is 0 Å². The Bertz CT molecular complexity index is 178. The van der Waals surface area contributed by atoms with Crippen LogP contribution in [0.3, 0.4) is 0 Å². The molecule has 0 aliphatic carbocycles. The molecule has 1 N–H and O–H groups in total. The lowest BCUT2D eigenvalue weighted by Crippen LogP contribution is -2.38. The molecule has 2 fully saturated rings. The highest BCUT2D eigenvalue weighted by Gasteiger charge is 2.33. The molecule has 0 saturated carbocycles. The van der Waals surface area contributed by atoms with Crippen LogP contribution in [0, 0.1) is 5.92 Å². The van der Waals surface area contributed by atoms with Gasteiger partial charge in [-0.05, 0) is 38.5 Å². The van der Waals surface area contributed by atoms with Gasteiger partial charge in [0.2, 0.25) is 0 Å². The van der Waals surface area contributed by atoms with Crippen molar-refractivity contribution in [1.82, 2.24) is 5.32 Å². The average Bonchev–Trinajstić information content (AvgIpc) is 2.29. The zero-order valence-corrected chi connectivity index (χ0v) is 7.68. The van der Waals surface area contributed by atoms with E-state index >= 15 is 0 Å². The van der Waals surface area contributed by atoms with Crippen LogP contribution in [-0.2, 0) is 4.79 Å². The molecule has 2 aliphatic rings. The predicted octanol–water partition coefficient (Wildman–Crippen LogP) is 1.50. The molecule has 2 nitrogen and oxygen atoms in total. The van der Waals surface area contributed by atoms with E-state index in [2.05, 4.69) is 5.32 Å². The van der Waals surface area contributed by atoms with Crippen molar-refractivity contribution < 1.29 is 4.79 Å². The third-order valence-electron chi connectivity index (χ3n) is 3.15. The van der Waals surface area contributed by atoms with Crippen molar-refractivity contribution in [3.63, 3.8) is 0 Å². The topological polar surface area (TPSA) is 29.1 Å². The molecule has 2 aliphatic heterocycles. The molecule has 68 valence electrons. The quantitative estimate of drug-likeness (QED) is 0.675. The number of Topliss-reactive ketones (excluding diaryl/α,β-unsaturated/α-hetero) is 1. The molecule has 0 aromatic carbocycles. The molecular weight excluding hydrogens is 150 g/mol. The van der Waals surface area contributed by atoms with Crippen LogP contribution in [0.4, 0.5) is 0 Å². The zero-order chi connectivity index (χ0) is 8.55. The molecule has 0 amide bonds. The maximum absolute atomic E-state index is 10.9. The van der Waals surface area contributed by atoms with Gasteiger partial charge in [0, 0.05) is 18.5 Å². The molecule has 2 heterocycles. The average molecular weight is 167 g/mol. The number of nitrogens with one attached hydrogen (secondary N) is 1. The highest BCUT2D eigenvalue weighted by Crippen LogP contribution is 2.32. The Morgan fingerprint density at radius 2 is 1.92 bits per heavy atom. The van der Waals surface area contributed by atoms with Crippen LogP contribution in [0.15, 0.2) is 0 Å². The normalized spacial score (nSPS) is 39.9. The Morgan fingerprint density at radius 1 is 1.33 bits per heavy atom. The van der Waals surface area contributed by atoms with Gasteiger partial charge in [0.1, 0.15) is 5.78 Å². The monoisotopic (exact) mass is 167 g/mol. The molecule has 0 radical (unpaired) electrons. The second-order valence-corrected chi connectivity index (χ2v) is 4.38. The summed E-state index contributed by atoms with van der Waals surface area (Å²) < 4.78 is 0. The first-order valence-corrected chi connectivity index (χ1v) is 4.99. The van der Waals surface area contributed by atoms with Crippen LogP contribution >= 0.6 is 0 Å². The highest BCUT2D eigenvalue weighted by atomic mass is 16.1. The van der Waals surface area contributed by atoms with E-state index in [-0.39, 0.29) is 0 Å². The fraction of sp³-hybridized carbons (Fsp3) is 0.900. The molecule has 2 saturated heterocycles. The number of piperidine rings is 1. The fourth-order valence-corrected chi connectivity index (χ4v) is 2.75. The summed E-state index contributed by atoms with van der Waals surface area (Å²) in [5.74, 6) is 1.04. The van der Waals surface area contributed by atoms with Crippen molar-refractivity contribution >= 4 is 5.78 Å². The van der Waals surface area contributed by atoms with Crippen molar-refractivity contribution in [1.29, 1.82) is 0 Å². The van der Waals surface area contributed by atoms with E-state index in [0.717, 1.165) is 18.5 Å². The largest absolute Gasteiger partial charge is 0.311 e. The van der Waals surface area contributed by atoms with E-state index < -0.39 is 0 Å². The minimum absolute atomic E-state index is 0.362. The van der Waals surface area contributed by atoms with Gasteiger partial charge >= 0.3 is 0 Å². The van der Waals surface area contributed by atoms with Gasteiger partial charge in [-0.3, -0.25) is 0 Å². The number of carbonyl (C=O) groups excluding carboxylic acids is 1. The van der Waals surface area contributed by atoms with Crippen molar-refractivity contribution in [2.24, 2.45) is 5.92 Å². The summed E-state index contributed by atoms with van der Waals surface area (Å²) in [6.07, 6.45) is 5.94. The second kappa shape index (κ2) is 3.17. The first-order chi connectivity index (χ1) is 5.74. The molecule has 2 bridgehead atoms. The molecule has 1 unspecified atom stereocenters. The number of fused-ring (bicyclic) bond motifs is 2. The summed E-state index contributed by atoms with van der Waals surface area (Å²) >= 11 is 0. The fourth-order valence-electron chi connectivity index (χ4n) is 2.75. The highest BCUT2D eigenvalue weighted by molar-refractivity contribution is 5.75. The number of ketones is 1. The van der Waals surface area contributed by atoms with Crippen LogP contribution in [0.5, 0.6) is 0 Å².